The van der Waals surface area contributed by atoms with Crippen LogP contribution in [0.5, 0.6) is 0 Å². The lowest BCUT2D eigenvalue weighted by molar-refractivity contribution is -0.117. The highest BCUT2D eigenvalue weighted by Crippen LogP contribution is 2.31. The molecule has 0 saturated carbocycles. The van der Waals surface area contributed by atoms with Crippen LogP contribution in [0.1, 0.15) is 24.5 Å². The molecule has 2 nitrogen and oxygen atoms in total. The Bertz CT molecular complexity index is 321. The molecule has 0 aliphatic carbocycles. The molecule has 1 aromatic rings. The van der Waals surface area contributed by atoms with E-state index >= 15 is 0 Å². The Morgan fingerprint density at radius 3 is 2.57 bits per heavy atom. The van der Waals surface area contributed by atoms with Gasteiger partial charge in [-0.25, -0.2) is 4.39 Å². The zero-order valence-electron chi connectivity index (χ0n) is 7.65. The molecule has 1 aliphatic heterocycles. The van der Waals surface area contributed by atoms with Crippen molar-refractivity contribution in [1.29, 1.82) is 0 Å². The molecule has 3 heteroatoms. The molecule has 14 heavy (non-hydrogen) atoms. The molecule has 2 atom stereocenters. The SMILES string of the molecule is O=CC1CC[C@@H](c2ccc(F)cc2)O1. The molecule has 2 rings (SSSR count). The summed E-state index contributed by atoms with van der Waals surface area (Å²) < 4.78 is 18.1. The van der Waals surface area contributed by atoms with Gasteiger partial charge in [-0.15, -0.1) is 0 Å². The van der Waals surface area contributed by atoms with E-state index in [1.807, 2.05) is 0 Å². The van der Waals surface area contributed by atoms with Crippen LogP contribution in [-0.4, -0.2) is 12.4 Å². The highest BCUT2D eigenvalue weighted by atomic mass is 19.1. The van der Waals surface area contributed by atoms with E-state index in [2.05, 4.69) is 0 Å². The van der Waals surface area contributed by atoms with Gasteiger partial charge in [-0.1, -0.05) is 12.1 Å². The van der Waals surface area contributed by atoms with E-state index in [1.54, 1.807) is 12.1 Å². The van der Waals surface area contributed by atoms with Gasteiger partial charge in [0.05, 0.1) is 6.10 Å². The third-order valence-corrected chi connectivity index (χ3v) is 2.45. The van der Waals surface area contributed by atoms with Crippen LogP contribution in [0.15, 0.2) is 24.3 Å². The number of benzene rings is 1. The topological polar surface area (TPSA) is 26.3 Å². The van der Waals surface area contributed by atoms with E-state index in [4.69, 9.17) is 4.74 Å². The number of halogens is 1. The molecule has 0 aromatic heterocycles. The van der Waals surface area contributed by atoms with Crippen LogP contribution in [-0.2, 0) is 9.53 Å². The van der Waals surface area contributed by atoms with Gasteiger partial charge in [-0.2, -0.15) is 0 Å². The van der Waals surface area contributed by atoms with Crippen molar-refractivity contribution in [3.05, 3.63) is 35.6 Å². The molecule has 0 spiro atoms. The quantitative estimate of drug-likeness (QED) is 0.675. The summed E-state index contributed by atoms with van der Waals surface area (Å²) in [7, 11) is 0. The maximum absolute atomic E-state index is 12.6. The van der Waals surface area contributed by atoms with Gasteiger partial charge in [0.15, 0.2) is 0 Å². The van der Waals surface area contributed by atoms with Crippen LogP contribution in [0.2, 0.25) is 0 Å². The number of ether oxygens (including phenoxy) is 1. The molecule has 74 valence electrons. The second-order valence-corrected chi connectivity index (χ2v) is 3.43. The number of hydrogen-bond donors (Lipinski definition) is 0. The summed E-state index contributed by atoms with van der Waals surface area (Å²) in [6, 6.07) is 6.22. The van der Waals surface area contributed by atoms with E-state index in [1.165, 1.54) is 12.1 Å². The molecule has 1 aromatic carbocycles. The molecule has 1 aliphatic rings. The van der Waals surface area contributed by atoms with Crippen LogP contribution in [0.25, 0.3) is 0 Å². The molecule has 0 radical (unpaired) electrons. The molecule has 1 saturated heterocycles. The Balaban J connectivity index is 2.09. The van der Waals surface area contributed by atoms with Crippen LogP contribution in [0.4, 0.5) is 4.39 Å². The minimum absolute atomic E-state index is 0.0502. The fraction of sp³-hybridized carbons (Fsp3) is 0.364. The lowest BCUT2D eigenvalue weighted by Gasteiger charge is -2.10. The lowest BCUT2D eigenvalue weighted by atomic mass is 10.1. The minimum atomic E-state index is -0.287. The van der Waals surface area contributed by atoms with Gasteiger partial charge < -0.3 is 9.53 Å². The van der Waals surface area contributed by atoms with Crippen molar-refractivity contribution in [2.45, 2.75) is 25.0 Å². The van der Waals surface area contributed by atoms with Crippen LogP contribution in [0, 0.1) is 5.82 Å². The van der Waals surface area contributed by atoms with E-state index in [-0.39, 0.29) is 18.0 Å². The van der Waals surface area contributed by atoms with Gasteiger partial charge in [0.25, 0.3) is 0 Å². The van der Waals surface area contributed by atoms with Crippen molar-refractivity contribution in [3.8, 4) is 0 Å². The van der Waals surface area contributed by atoms with E-state index in [0.717, 1.165) is 24.7 Å². The largest absolute Gasteiger partial charge is 0.363 e. The maximum atomic E-state index is 12.6. The normalized spacial score (nSPS) is 26.4. The minimum Gasteiger partial charge on any atom is -0.363 e. The molecular formula is C11H11FO2. The van der Waals surface area contributed by atoms with Crippen molar-refractivity contribution in [3.63, 3.8) is 0 Å². The van der Waals surface area contributed by atoms with Gasteiger partial charge in [0, 0.05) is 0 Å². The second kappa shape index (κ2) is 3.88. The molecule has 1 heterocycles. The average molecular weight is 194 g/mol. The summed E-state index contributed by atoms with van der Waals surface area (Å²) in [5.41, 5.74) is 0.941. The summed E-state index contributed by atoms with van der Waals surface area (Å²) in [5.74, 6) is -0.251. The van der Waals surface area contributed by atoms with Crippen molar-refractivity contribution in [1.82, 2.24) is 0 Å². The molecule has 0 bridgehead atoms. The summed E-state index contributed by atoms with van der Waals surface area (Å²) >= 11 is 0. The Morgan fingerprint density at radius 1 is 1.29 bits per heavy atom. The number of rotatable bonds is 2. The standard InChI is InChI=1S/C11H11FO2/c12-9-3-1-8(2-4-9)11-6-5-10(7-13)14-11/h1-4,7,10-11H,5-6H2/t10?,11-/m0/s1. The predicted octanol–water partition coefficient (Wildman–Crippen LogP) is 2.24. The van der Waals surface area contributed by atoms with E-state index < -0.39 is 0 Å². The zero-order valence-corrected chi connectivity index (χ0v) is 7.65. The van der Waals surface area contributed by atoms with Gasteiger partial charge >= 0.3 is 0 Å². The van der Waals surface area contributed by atoms with Crippen LogP contribution >= 0.6 is 0 Å². The summed E-state index contributed by atoms with van der Waals surface area (Å²) in [5, 5.41) is 0. The maximum Gasteiger partial charge on any atom is 0.148 e. The van der Waals surface area contributed by atoms with Crippen molar-refractivity contribution < 1.29 is 13.9 Å². The first kappa shape index (κ1) is 9.34. The predicted molar refractivity (Wildman–Crippen MR) is 49.3 cm³/mol. The van der Waals surface area contributed by atoms with Crippen molar-refractivity contribution >= 4 is 6.29 Å². The molecule has 0 amide bonds. The van der Waals surface area contributed by atoms with Crippen LogP contribution in [0.3, 0.4) is 0 Å². The second-order valence-electron chi connectivity index (χ2n) is 3.43. The van der Waals surface area contributed by atoms with Gasteiger partial charge in [-0.3, -0.25) is 0 Å². The summed E-state index contributed by atoms with van der Waals surface area (Å²) in [6.45, 7) is 0. The van der Waals surface area contributed by atoms with Gasteiger partial charge in [0.2, 0.25) is 0 Å². The van der Waals surface area contributed by atoms with E-state index in [0.29, 0.717) is 0 Å². The summed E-state index contributed by atoms with van der Waals surface area (Å²) in [6.07, 6.45) is 2.07. The first-order chi connectivity index (χ1) is 6.79. The van der Waals surface area contributed by atoms with Crippen LogP contribution < -0.4 is 0 Å². The Kier molecular flexibility index (Phi) is 2.59. The lowest BCUT2D eigenvalue weighted by Crippen LogP contribution is -2.07. The first-order valence-electron chi connectivity index (χ1n) is 4.66. The van der Waals surface area contributed by atoms with Crippen molar-refractivity contribution in [2.24, 2.45) is 0 Å². The number of carbonyl (C=O) groups excluding carboxylic acids is 1. The number of carbonyl (C=O) groups is 1. The molecular weight excluding hydrogens is 183 g/mol. The average Bonchev–Trinajstić information content (AvgIpc) is 2.67. The third kappa shape index (κ3) is 1.82. The first-order valence-corrected chi connectivity index (χ1v) is 4.66. The van der Waals surface area contributed by atoms with Gasteiger partial charge in [0.1, 0.15) is 18.2 Å². The number of hydrogen-bond acceptors (Lipinski definition) is 2. The highest BCUT2D eigenvalue weighted by molar-refractivity contribution is 5.56. The fourth-order valence-electron chi connectivity index (χ4n) is 1.69. The summed E-state index contributed by atoms with van der Waals surface area (Å²) in [4.78, 5) is 10.5. The molecule has 1 fully saturated rings. The third-order valence-electron chi connectivity index (χ3n) is 2.45. The Morgan fingerprint density at radius 2 is 2.00 bits per heavy atom. The highest BCUT2D eigenvalue weighted by Gasteiger charge is 2.25. The molecule has 0 N–H and O–H groups in total. The zero-order chi connectivity index (χ0) is 9.97. The monoisotopic (exact) mass is 194 g/mol. The smallest absolute Gasteiger partial charge is 0.148 e. The Labute approximate surface area is 81.7 Å². The molecule has 1 unspecified atom stereocenters. The number of aldehydes is 1. The fourth-order valence-corrected chi connectivity index (χ4v) is 1.69. The van der Waals surface area contributed by atoms with E-state index in [9.17, 15) is 9.18 Å². The van der Waals surface area contributed by atoms with Crippen molar-refractivity contribution in [2.75, 3.05) is 0 Å². The Hall–Kier alpha value is -1.22. The van der Waals surface area contributed by atoms with Gasteiger partial charge in [-0.05, 0) is 30.5 Å².